The minimum atomic E-state index is -0.959. The van der Waals surface area contributed by atoms with Crippen LogP contribution in [0.15, 0.2) is 30.3 Å². The summed E-state index contributed by atoms with van der Waals surface area (Å²) in [5.74, 6) is -1.90. The molecule has 0 radical (unpaired) electrons. The van der Waals surface area contributed by atoms with Gasteiger partial charge in [0, 0.05) is 0 Å². The van der Waals surface area contributed by atoms with Gasteiger partial charge in [0.25, 0.3) is 0 Å². The highest BCUT2D eigenvalue weighted by molar-refractivity contribution is 7.98. The second-order valence-electron chi connectivity index (χ2n) is 6.61. The molecule has 0 heterocycles. The van der Waals surface area contributed by atoms with E-state index >= 15 is 0 Å². The van der Waals surface area contributed by atoms with Crippen molar-refractivity contribution in [1.29, 1.82) is 0 Å². The lowest BCUT2D eigenvalue weighted by Crippen LogP contribution is -2.36. The normalized spacial score (nSPS) is 13.9. The summed E-state index contributed by atoms with van der Waals surface area (Å²) in [6, 6.07) is 7.16. The highest BCUT2D eigenvalue weighted by Gasteiger charge is 2.17. The topological polar surface area (TPSA) is 190 Å². The largest absolute Gasteiger partial charge is 0.480 e. The molecule has 30 heavy (non-hydrogen) atoms. The minimum Gasteiger partial charge on any atom is -0.480 e. The van der Waals surface area contributed by atoms with Crippen LogP contribution in [0.5, 0.6) is 0 Å². The molecule has 0 amide bonds. The summed E-state index contributed by atoms with van der Waals surface area (Å²) in [5, 5.41) is 25.2. The van der Waals surface area contributed by atoms with E-state index in [0.717, 1.165) is 17.7 Å². The molecule has 0 fully saturated rings. The van der Waals surface area contributed by atoms with Gasteiger partial charge in [-0.3, -0.25) is 14.4 Å². The monoisotopic (exact) mass is 445 g/mol. The summed E-state index contributed by atoms with van der Waals surface area (Å²) in [6.07, 6.45) is 3.68. The third-order valence-electron chi connectivity index (χ3n) is 4.11. The second kappa shape index (κ2) is 17.7. The van der Waals surface area contributed by atoms with Gasteiger partial charge in [0.15, 0.2) is 0 Å². The Morgan fingerprint density at radius 3 is 1.77 bits per heavy atom. The highest BCUT2D eigenvalue weighted by Crippen LogP contribution is 2.04. The van der Waals surface area contributed by atoms with Crippen LogP contribution in [0.1, 0.15) is 32.3 Å². The van der Waals surface area contributed by atoms with Crippen molar-refractivity contribution in [3.05, 3.63) is 35.9 Å². The summed E-state index contributed by atoms with van der Waals surface area (Å²) in [4.78, 5) is 30.6. The highest BCUT2D eigenvalue weighted by atomic mass is 32.2. The van der Waals surface area contributed by atoms with Gasteiger partial charge in [0.05, 0.1) is 0 Å². The number of carboxylic acid groups (broad SMARTS) is 3. The minimum absolute atomic E-state index is 0.0718. The van der Waals surface area contributed by atoms with Gasteiger partial charge in [-0.05, 0) is 36.3 Å². The molecule has 10 heteroatoms. The van der Waals surface area contributed by atoms with Crippen molar-refractivity contribution in [1.82, 2.24) is 0 Å². The molecule has 0 bridgehead atoms. The van der Waals surface area contributed by atoms with Crippen molar-refractivity contribution in [2.45, 2.75) is 51.2 Å². The van der Waals surface area contributed by atoms with E-state index < -0.39 is 36.0 Å². The van der Waals surface area contributed by atoms with Gasteiger partial charge in [-0.2, -0.15) is 11.8 Å². The molecule has 172 valence electrons. The molecule has 0 aliphatic rings. The van der Waals surface area contributed by atoms with Gasteiger partial charge in [-0.25, -0.2) is 0 Å². The maximum Gasteiger partial charge on any atom is 0.320 e. The predicted octanol–water partition coefficient (Wildman–Crippen LogP) is 1.24. The Kier molecular flexibility index (Phi) is 17.7. The molecule has 9 nitrogen and oxygen atoms in total. The van der Waals surface area contributed by atoms with Crippen molar-refractivity contribution in [2.75, 3.05) is 12.0 Å². The van der Waals surface area contributed by atoms with E-state index in [-0.39, 0.29) is 5.92 Å². The summed E-state index contributed by atoms with van der Waals surface area (Å²) >= 11 is 1.60. The molecule has 1 aromatic rings. The van der Waals surface area contributed by atoms with E-state index in [2.05, 4.69) is 0 Å². The standard InChI is InChI=1S/C9H11NO2.C6H13NO2.C5H11NO2S/c10-8(9(11)12)6-7-4-2-1-3-5-7;1-3-4(2)5(7)6(8)9;1-9-3-2-4(6)5(7)8/h1-5,8H,6,10H2,(H,11,12);4-5H,3,7H2,1-2H3,(H,8,9);4H,2-3,6H2,1H3,(H,7,8)/t8-;4-,5-;4-/m000/s1. The maximum atomic E-state index is 10.4. The van der Waals surface area contributed by atoms with Gasteiger partial charge in [-0.1, -0.05) is 50.6 Å². The Morgan fingerprint density at radius 1 is 0.933 bits per heavy atom. The first kappa shape index (κ1) is 30.1. The van der Waals surface area contributed by atoms with Crippen LogP contribution < -0.4 is 17.2 Å². The molecule has 0 aromatic heterocycles. The fourth-order valence-corrected chi connectivity index (χ4v) is 2.31. The quantitative estimate of drug-likeness (QED) is 0.305. The van der Waals surface area contributed by atoms with Crippen LogP contribution in [-0.2, 0) is 20.8 Å². The Balaban J connectivity index is 0. The van der Waals surface area contributed by atoms with Crippen LogP contribution in [-0.4, -0.2) is 63.4 Å². The number of rotatable bonds is 10. The fourth-order valence-electron chi connectivity index (χ4n) is 1.82. The van der Waals surface area contributed by atoms with Crippen LogP contribution in [0.3, 0.4) is 0 Å². The van der Waals surface area contributed by atoms with Crippen LogP contribution in [0.4, 0.5) is 0 Å². The molecule has 1 rings (SSSR count). The molecule has 0 saturated carbocycles. The Labute approximate surface area is 182 Å². The van der Waals surface area contributed by atoms with Crippen LogP contribution in [0.25, 0.3) is 0 Å². The van der Waals surface area contributed by atoms with Crippen molar-refractivity contribution in [3.63, 3.8) is 0 Å². The molecule has 9 N–H and O–H groups in total. The maximum absolute atomic E-state index is 10.4. The zero-order valence-corrected chi connectivity index (χ0v) is 18.5. The Hall–Kier alpha value is -2.14. The van der Waals surface area contributed by atoms with E-state index in [1.54, 1.807) is 11.8 Å². The van der Waals surface area contributed by atoms with Crippen molar-refractivity contribution >= 4 is 29.7 Å². The van der Waals surface area contributed by atoms with Gasteiger partial charge in [0.1, 0.15) is 18.1 Å². The second-order valence-corrected chi connectivity index (χ2v) is 7.60. The number of nitrogens with two attached hydrogens (primary N) is 3. The molecule has 0 unspecified atom stereocenters. The molecule has 1 aromatic carbocycles. The predicted molar refractivity (Wildman–Crippen MR) is 119 cm³/mol. The number of carbonyl (C=O) groups is 3. The Morgan fingerprint density at radius 2 is 1.43 bits per heavy atom. The average Bonchev–Trinajstić information content (AvgIpc) is 2.72. The lowest BCUT2D eigenvalue weighted by molar-refractivity contribution is -0.140. The first-order chi connectivity index (χ1) is 14.0. The number of benzene rings is 1. The van der Waals surface area contributed by atoms with Gasteiger partial charge < -0.3 is 32.5 Å². The average molecular weight is 446 g/mol. The van der Waals surface area contributed by atoms with E-state index in [0.29, 0.717) is 12.8 Å². The summed E-state index contributed by atoms with van der Waals surface area (Å²) in [7, 11) is 0. The smallest absolute Gasteiger partial charge is 0.320 e. The van der Waals surface area contributed by atoms with Crippen LogP contribution in [0.2, 0.25) is 0 Å². The van der Waals surface area contributed by atoms with E-state index in [9.17, 15) is 14.4 Å². The van der Waals surface area contributed by atoms with Crippen molar-refractivity contribution in [3.8, 4) is 0 Å². The summed E-state index contributed by atoms with van der Waals surface area (Å²) in [5.41, 5.74) is 16.8. The molecule has 0 aliphatic carbocycles. The van der Waals surface area contributed by atoms with E-state index in [1.807, 2.05) is 50.4 Å². The first-order valence-corrected chi connectivity index (χ1v) is 10.8. The molecular formula is C20H35N3O6S. The molecule has 4 atom stereocenters. The molecule has 0 saturated heterocycles. The lowest BCUT2D eigenvalue weighted by Gasteiger charge is -2.11. The third-order valence-corrected chi connectivity index (χ3v) is 4.75. The summed E-state index contributed by atoms with van der Waals surface area (Å²) < 4.78 is 0. The van der Waals surface area contributed by atoms with Crippen molar-refractivity contribution < 1.29 is 29.7 Å². The lowest BCUT2D eigenvalue weighted by atomic mass is 10.0. The number of thioether (sulfide) groups is 1. The molecular weight excluding hydrogens is 410 g/mol. The summed E-state index contributed by atoms with van der Waals surface area (Å²) in [6.45, 7) is 3.76. The third kappa shape index (κ3) is 15.7. The van der Waals surface area contributed by atoms with Crippen LogP contribution >= 0.6 is 11.8 Å². The van der Waals surface area contributed by atoms with Crippen LogP contribution in [0, 0.1) is 5.92 Å². The van der Waals surface area contributed by atoms with Gasteiger partial charge in [-0.15, -0.1) is 0 Å². The number of aliphatic carboxylic acids is 3. The fraction of sp³-hybridized carbons (Fsp3) is 0.550. The SMILES string of the molecule is CC[C@H](C)[C@H](N)C(=O)O.CSCC[C@H](N)C(=O)O.N[C@@H](Cc1ccccc1)C(=O)O. The Bertz CT molecular complexity index is 618. The number of hydrogen-bond donors (Lipinski definition) is 6. The zero-order valence-electron chi connectivity index (χ0n) is 17.7. The van der Waals surface area contributed by atoms with Crippen molar-refractivity contribution in [2.24, 2.45) is 23.1 Å². The van der Waals surface area contributed by atoms with E-state index in [4.69, 9.17) is 32.5 Å². The zero-order chi connectivity index (χ0) is 23.7. The first-order valence-electron chi connectivity index (χ1n) is 9.45. The molecule has 0 spiro atoms. The van der Waals surface area contributed by atoms with E-state index in [1.165, 1.54) is 0 Å². The van der Waals surface area contributed by atoms with Gasteiger partial charge in [0.2, 0.25) is 0 Å². The van der Waals surface area contributed by atoms with Gasteiger partial charge >= 0.3 is 17.9 Å². The number of carboxylic acids is 3. The molecule has 0 aliphatic heterocycles. The number of hydrogen-bond acceptors (Lipinski definition) is 7.